The first-order valence-electron chi connectivity index (χ1n) is 4.29. The first-order valence-corrected chi connectivity index (χ1v) is 4.29. The zero-order valence-electron chi connectivity index (χ0n) is 7.81. The first kappa shape index (κ1) is 9.93. The van der Waals surface area contributed by atoms with E-state index in [1.54, 1.807) is 6.07 Å². The Morgan fingerprint density at radius 1 is 1.54 bits per heavy atom. The lowest BCUT2D eigenvalue weighted by Crippen LogP contribution is -2.00. The van der Waals surface area contributed by atoms with Gasteiger partial charge in [-0.1, -0.05) is 12.6 Å². The van der Waals surface area contributed by atoms with Crippen LogP contribution in [-0.4, -0.2) is 6.54 Å². The highest BCUT2D eigenvalue weighted by Gasteiger charge is 2.03. The molecule has 0 fully saturated rings. The van der Waals surface area contributed by atoms with Crippen LogP contribution in [0.15, 0.2) is 24.8 Å². The highest BCUT2D eigenvalue weighted by atomic mass is 19.1. The van der Waals surface area contributed by atoms with Gasteiger partial charge in [-0.25, -0.2) is 4.39 Å². The van der Waals surface area contributed by atoms with Crippen molar-refractivity contribution >= 4 is 5.57 Å². The smallest absolute Gasteiger partial charge is 0.123 e. The Morgan fingerprint density at radius 3 is 2.85 bits per heavy atom. The van der Waals surface area contributed by atoms with Crippen LogP contribution in [0.2, 0.25) is 0 Å². The quantitative estimate of drug-likeness (QED) is 0.758. The van der Waals surface area contributed by atoms with Gasteiger partial charge in [-0.05, 0) is 48.7 Å². The lowest BCUT2D eigenvalue weighted by atomic mass is 9.99. The number of rotatable bonds is 3. The third kappa shape index (κ3) is 2.39. The van der Waals surface area contributed by atoms with Crippen LogP contribution in [0, 0.1) is 12.7 Å². The first-order chi connectivity index (χ1) is 6.15. The molecule has 0 spiro atoms. The van der Waals surface area contributed by atoms with Gasteiger partial charge >= 0.3 is 0 Å². The van der Waals surface area contributed by atoms with Gasteiger partial charge in [0.1, 0.15) is 5.82 Å². The number of halogens is 1. The Labute approximate surface area is 78.1 Å². The van der Waals surface area contributed by atoms with E-state index in [2.05, 4.69) is 6.58 Å². The molecule has 0 saturated carbocycles. The van der Waals surface area contributed by atoms with Crippen LogP contribution in [0.4, 0.5) is 4.39 Å². The molecule has 0 atom stereocenters. The molecule has 13 heavy (non-hydrogen) atoms. The summed E-state index contributed by atoms with van der Waals surface area (Å²) >= 11 is 0. The minimum Gasteiger partial charge on any atom is -0.330 e. The van der Waals surface area contributed by atoms with Crippen molar-refractivity contribution in [3.8, 4) is 0 Å². The molecular formula is C11H14FN. The van der Waals surface area contributed by atoms with Gasteiger partial charge in [0, 0.05) is 0 Å². The van der Waals surface area contributed by atoms with Crippen LogP contribution in [0.3, 0.4) is 0 Å². The summed E-state index contributed by atoms with van der Waals surface area (Å²) in [4.78, 5) is 0. The summed E-state index contributed by atoms with van der Waals surface area (Å²) in [5.41, 5.74) is 8.22. The molecule has 0 aliphatic carbocycles. The lowest BCUT2D eigenvalue weighted by molar-refractivity contribution is 0.626. The summed E-state index contributed by atoms with van der Waals surface area (Å²) in [5, 5.41) is 0. The second kappa shape index (κ2) is 4.19. The fraction of sp³-hybridized carbons (Fsp3) is 0.273. The maximum absolute atomic E-state index is 12.9. The Kier molecular flexibility index (Phi) is 3.20. The standard InChI is InChI=1S/C11H14FN/c1-8-3-4-10(12)7-11(8)9(2)5-6-13/h3-4,7H,2,5-6,13H2,1H3. The van der Waals surface area contributed by atoms with Crippen LogP contribution >= 0.6 is 0 Å². The van der Waals surface area contributed by atoms with Gasteiger partial charge in [-0.2, -0.15) is 0 Å². The number of nitrogens with two attached hydrogens (primary N) is 1. The third-order valence-electron chi connectivity index (χ3n) is 2.03. The number of benzene rings is 1. The highest BCUT2D eigenvalue weighted by molar-refractivity contribution is 5.66. The van der Waals surface area contributed by atoms with Crippen LogP contribution < -0.4 is 5.73 Å². The van der Waals surface area contributed by atoms with E-state index in [9.17, 15) is 4.39 Å². The van der Waals surface area contributed by atoms with Gasteiger partial charge < -0.3 is 5.73 Å². The zero-order chi connectivity index (χ0) is 9.84. The average Bonchev–Trinajstić information content (AvgIpc) is 2.09. The van der Waals surface area contributed by atoms with Crippen molar-refractivity contribution in [2.75, 3.05) is 6.54 Å². The van der Waals surface area contributed by atoms with Crippen molar-refractivity contribution in [2.24, 2.45) is 5.73 Å². The van der Waals surface area contributed by atoms with Crippen molar-refractivity contribution < 1.29 is 4.39 Å². The van der Waals surface area contributed by atoms with Crippen LogP contribution in [0.25, 0.3) is 5.57 Å². The maximum atomic E-state index is 12.9. The predicted octanol–water partition coefficient (Wildman–Crippen LogP) is 2.50. The van der Waals surface area contributed by atoms with Crippen molar-refractivity contribution in [2.45, 2.75) is 13.3 Å². The maximum Gasteiger partial charge on any atom is 0.123 e. The van der Waals surface area contributed by atoms with Gasteiger partial charge in [-0.3, -0.25) is 0 Å². The van der Waals surface area contributed by atoms with E-state index in [1.807, 2.05) is 6.92 Å². The molecule has 0 aliphatic rings. The second-order valence-corrected chi connectivity index (χ2v) is 3.10. The molecule has 0 aromatic heterocycles. The Hall–Kier alpha value is -1.15. The summed E-state index contributed by atoms with van der Waals surface area (Å²) in [7, 11) is 0. The number of hydrogen-bond donors (Lipinski definition) is 1. The van der Waals surface area contributed by atoms with E-state index in [4.69, 9.17) is 5.73 Å². The van der Waals surface area contributed by atoms with Gasteiger partial charge in [0.25, 0.3) is 0 Å². The minimum absolute atomic E-state index is 0.223. The fourth-order valence-corrected chi connectivity index (χ4v) is 1.28. The molecule has 0 aliphatic heterocycles. The predicted molar refractivity (Wildman–Crippen MR) is 53.8 cm³/mol. The summed E-state index contributed by atoms with van der Waals surface area (Å²) in [6, 6.07) is 4.72. The molecule has 0 heterocycles. The van der Waals surface area contributed by atoms with Crippen molar-refractivity contribution in [3.05, 3.63) is 41.7 Å². The van der Waals surface area contributed by atoms with Crippen molar-refractivity contribution in [1.82, 2.24) is 0 Å². The van der Waals surface area contributed by atoms with Gasteiger partial charge in [0.15, 0.2) is 0 Å². The fourth-order valence-electron chi connectivity index (χ4n) is 1.28. The summed E-state index contributed by atoms with van der Waals surface area (Å²) in [5.74, 6) is -0.223. The molecule has 1 rings (SSSR count). The summed E-state index contributed by atoms with van der Waals surface area (Å²) in [6.07, 6.45) is 0.713. The van der Waals surface area contributed by atoms with E-state index in [0.717, 1.165) is 16.7 Å². The van der Waals surface area contributed by atoms with Crippen LogP contribution in [-0.2, 0) is 0 Å². The largest absolute Gasteiger partial charge is 0.330 e. The zero-order valence-corrected chi connectivity index (χ0v) is 7.81. The van der Waals surface area contributed by atoms with Crippen molar-refractivity contribution in [3.63, 3.8) is 0 Å². The van der Waals surface area contributed by atoms with Gasteiger partial charge in [0.2, 0.25) is 0 Å². The Bertz CT molecular complexity index is 318. The molecule has 1 nitrogen and oxygen atoms in total. The molecule has 0 saturated heterocycles. The lowest BCUT2D eigenvalue weighted by Gasteiger charge is -2.07. The molecule has 2 heteroatoms. The average molecular weight is 179 g/mol. The number of hydrogen-bond acceptors (Lipinski definition) is 1. The molecule has 0 bridgehead atoms. The molecule has 70 valence electrons. The SMILES string of the molecule is C=C(CCN)c1cc(F)ccc1C. The molecule has 1 aromatic rings. The monoisotopic (exact) mass is 179 g/mol. The Morgan fingerprint density at radius 2 is 2.23 bits per heavy atom. The molecule has 2 N–H and O–H groups in total. The summed E-state index contributed by atoms with van der Waals surface area (Å²) in [6.45, 7) is 6.36. The van der Waals surface area contributed by atoms with Gasteiger partial charge in [-0.15, -0.1) is 0 Å². The molecule has 0 amide bonds. The van der Waals surface area contributed by atoms with Crippen molar-refractivity contribution in [1.29, 1.82) is 0 Å². The third-order valence-corrected chi connectivity index (χ3v) is 2.03. The van der Waals surface area contributed by atoms with E-state index in [1.165, 1.54) is 12.1 Å². The molecule has 0 radical (unpaired) electrons. The van der Waals surface area contributed by atoms with E-state index in [-0.39, 0.29) is 5.82 Å². The van der Waals surface area contributed by atoms with Crippen LogP contribution in [0.5, 0.6) is 0 Å². The normalized spacial score (nSPS) is 10.1. The van der Waals surface area contributed by atoms with Crippen LogP contribution in [0.1, 0.15) is 17.5 Å². The highest BCUT2D eigenvalue weighted by Crippen LogP contribution is 2.20. The summed E-state index contributed by atoms with van der Waals surface area (Å²) < 4.78 is 12.9. The van der Waals surface area contributed by atoms with Gasteiger partial charge in [0.05, 0.1) is 0 Å². The second-order valence-electron chi connectivity index (χ2n) is 3.10. The van der Waals surface area contributed by atoms with E-state index in [0.29, 0.717) is 13.0 Å². The van der Waals surface area contributed by atoms with E-state index >= 15 is 0 Å². The number of aryl methyl sites for hydroxylation is 1. The Balaban J connectivity index is 2.99. The molecular weight excluding hydrogens is 165 g/mol. The van der Waals surface area contributed by atoms with E-state index < -0.39 is 0 Å². The molecule has 1 aromatic carbocycles. The minimum atomic E-state index is -0.223. The molecule has 0 unspecified atom stereocenters. The topological polar surface area (TPSA) is 26.0 Å².